The fourth-order valence-corrected chi connectivity index (χ4v) is 3.35. The highest BCUT2D eigenvalue weighted by Gasteiger charge is 2.13. The molecule has 8 heteroatoms. The van der Waals surface area contributed by atoms with Gasteiger partial charge in [-0.15, -0.1) is 0 Å². The van der Waals surface area contributed by atoms with Gasteiger partial charge in [0, 0.05) is 23.5 Å². The number of rotatable bonds is 6. The third kappa shape index (κ3) is 3.71. The maximum Gasteiger partial charge on any atom is 0.277 e. The molecule has 2 aromatic carbocycles. The van der Waals surface area contributed by atoms with Crippen LogP contribution >= 0.6 is 0 Å². The second-order valence-electron chi connectivity index (χ2n) is 6.93. The minimum absolute atomic E-state index is 0.179. The van der Waals surface area contributed by atoms with Gasteiger partial charge in [-0.3, -0.25) is 4.79 Å². The summed E-state index contributed by atoms with van der Waals surface area (Å²) < 4.78 is 13.9. The number of ether oxygens (including phenoxy) is 1. The average Bonchev–Trinajstić information content (AvgIpc) is 3.45. The third-order valence-corrected chi connectivity index (χ3v) is 4.87. The maximum absolute atomic E-state index is 13.0. The Bertz CT molecular complexity index is 1380. The van der Waals surface area contributed by atoms with Gasteiger partial charge >= 0.3 is 0 Å². The van der Waals surface area contributed by atoms with E-state index >= 15 is 0 Å². The van der Waals surface area contributed by atoms with Crippen LogP contribution in [-0.4, -0.2) is 30.9 Å². The molecule has 0 spiro atoms. The van der Waals surface area contributed by atoms with Crippen molar-refractivity contribution in [2.45, 2.75) is 13.5 Å². The van der Waals surface area contributed by atoms with Crippen molar-refractivity contribution < 1.29 is 9.26 Å². The van der Waals surface area contributed by atoms with Crippen LogP contribution in [0.2, 0.25) is 0 Å². The van der Waals surface area contributed by atoms with E-state index in [1.807, 2.05) is 61.5 Å². The predicted molar refractivity (Wildman–Crippen MR) is 115 cm³/mol. The minimum atomic E-state index is -0.188. The topological polar surface area (TPSA) is 87.5 Å². The smallest absolute Gasteiger partial charge is 0.277 e. The Labute approximate surface area is 177 Å². The Morgan fingerprint density at radius 3 is 2.58 bits per heavy atom. The molecule has 5 rings (SSSR count). The number of hydrogen-bond donors (Lipinski definition) is 0. The van der Waals surface area contributed by atoms with E-state index in [-0.39, 0.29) is 12.1 Å². The van der Waals surface area contributed by atoms with Gasteiger partial charge in [0.25, 0.3) is 5.56 Å². The molecule has 31 heavy (non-hydrogen) atoms. The monoisotopic (exact) mass is 413 g/mol. The highest BCUT2D eigenvalue weighted by molar-refractivity contribution is 5.66. The number of aromatic nitrogens is 5. The van der Waals surface area contributed by atoms with Crippen LogP contribution < -0.4 is 10.3 Å². The maximum atomic E-state index is 13.0. The van der Waals surface area contributed by atoms with E-state index in [0.717, 1.165) is 16.9 Å². The lowest BCUT2D eigenvalue weighted by Crippen LogP contribution is -2.21. The summed E-state index contributed by atoms with van der Waals surface area (Å²) in [5.41, 5.74) is 2.75. The summed E-state index contributed by atoms with van der Waals surface area (Å²) in [6, 6.07) is 19.0. The lowest BCUT2D eigenvalue weighted by atomic mass is 10.1. The summed E-state index contributed by atoms with van der Waals surface area (Å²) in [5, 5.41) is 8.53. The Kier molecular flexibility index (Phi) is 4.80. The Balaban J connectivity index is 1.43. The lowest BCUT2D eigenvalue weighted by Gasteiger charge is -2.02. The number of fused-ring (bicyclic) bond motifs is 1. The summed E-state index contributed by atoms with van der Waals surface area (Å²) in [5.74, 6) is 1.65. The van der Waals surface area contributed by atoms with Crippen molar-refractivity contribution in [1.29, 1.82) is 0 Å². The molecule has 0 N–H and O–H groups in total. The normalized spacial score (nSPS) is 11.1. The molecule has 0 unspecified atom stereocenters. The van der Waals surface area contributed by atoms with Crippen LogP contribution in [-0.2, 0) is 6.54 Å². The molecule has 0 aliphatic heterocycles. The molecule has 154 valence electrons. The second-order valence-corrected chi connectivity index (χ2v) is 6.93. The molecule has 0 fully saturated rings. The van der Waals surface area contributed by atoms with Gasteiger partial charge in [-0.1, -0.05) is 35.5 Å². The lowest BCUT2D eigenvalue weighted by molar-refractivity contribution is 0.340. The van der Waals surface area contributed by atoms with Crippen molar-refractivity contribution in [2.24, 2.45) is 0 Å². The van der Waals surface area contributed by atoms with Gasteiger partial charge in [0.15, 0.2) is 0 Å². The number of benzene rings is 2. The SMILES string of the molecule is CCOc1ccc(-c2cc3c(=O)n(Cc4nc(-c5ccccc5)no4)ccn3n2)cc1. The van der Waals surface area contributed by atoms with E-state index in [1.54, 1.807) is 23.0 Å². The van der Waals surface area contributed by atoms with Gasteiger partial charge in [-0.05, 0) is 37.3 Å². The van der Waals surface area contributed by atoms with Gasteiger partial charge in [0.05, 0.1) is 12.3 Å². The average molecular weight is 413 g/mol. The van der Waals surface area contributed by atoms with E-state index in [9.17, 15) is 4.79 Å². The summed E-state index contributed by atoms with van der Waals surface area (Å²) in [4.78, 5) is 17.4. The van der Waals surface area contributed by atoms with Crippen LogP contribution in [0.5, 0.6) is 5.75 Å². The molecule has 8 nitrogen and oxygen atoms in total. The molecule has 0 atom stereocenters. The largest absolute Gasteiger partial charge is 0.494 e. The minimum Gasteiger partial charge on any atom is -0.494 e. The van der Waals surface area contributed by atoms with Crippen LogP contribution in [0.3, 0.4) is 0 Å². The quantitative estimate of drug-likeness (QED) is 0.422. The zero-order chi connectivity index (χ0) is 21.2. The first-order chi connectivity index (χ1) is 15.2. The highest BCUT2D eigenvalue weighted by Crippen LogP contribution is 2.22. The van der Waals surface area contributed by atoms with Crippen molar-refractivity contribution in [1.82, 2.24) is 24.3 Å². The molecule has 0 saturated heterocycles. The summed E-state index contributed by atoms with van der Waals surface area (Å²) >= 11 is 0. The van der Waals surface area contributed by atoms with Gasteiger partial charge in [0.1, 0.15) is 17.8 Å². The molecule has 0 aliphatic rings. The zero-order valence-corrected chi connectivity index (χ0v) is 16.8. The van der Waals surface area contributed by atoms with Crippen molar-refractivity contribution in [3.8, 4) is 28.4 Å². The van der Waals surface area contributed by atoms with Crippen LogP contribution in [0.4, 0.5) is 0 Å². The zero-order valence-electron chi connectivity index (χ0n) is 16.8. The first-order valence-corrected chi connectivity index (χ1v) is 9.91. The second kappa shape index (κ2) is 7.91. The highest BCUT2D eigenvalue weighted by atomic mass is 16.5. The molecular weight excluding hydrogens is 394 g/mol. The van der Waals surface area contributed by atoms with E-state index in [2.05, 4.69) is 15.2 Å². The Hall–Kier alpha value is -4.20. The van der Waals surface area contributed by atoms with Crippen LogP contribution in [0.25, 0.3) is 28.2 Å². The Morgan fingerprint density at radius 2 is 1.81 bits per heavy atom. The fourth-order valence-electron chi connectivity index (χ4n) is 3.35. The van der Waals surface area contributed by atoms with Crippen molar-refractivity contribution >= 4 is 5.52 Å². The molecule has 0 saturated carbocycles. The molecule has 0 radical (unpaired) electrons. The molecular formula is C23H19N5O3. The molecule has 0 aliphatic carbocycles. The summed E-state index contributed by atoms with van der Waals surface area (Å²) in [6.07, 6.45) is 3.40. The van der Waals surface area contributed by atoms with Gasteiger partial charge in [-0.25, -0.2) is 4.52 Å². The van der Waals surface area contributed by atoms with E-state index in [4.69, 9.17) is 9.26 Å². The predicted octanol–water partition coefficient (Wildman–Crippen LogP) is 3.66. The molecule has 5 aromatic rings. The van der Waals surface area contributed by atoms with Crippen molar-refractivity contribution in [3.05, 3.63) is 89.3 Å². The van der Waals surface area contributed by atoms with E-state index in [1.165, 1.54) is 4.57 Å². The first-order valence-electron chi connectivity index (χ1n) is 9.91. The summed E-state index contributed by atoms with van der Waals surface area (Å²) in [7, 11) is 0. The van der Waals surface area contributed by atoms with Crippen LogP contribution in [0, 0.1) is 0 Å². The first kappa shape index (κ1) is 18.8. The van der Waals surface area contributed by atoms with Gasteiger partial charge < -0.3 is 13.8 Å². The molecule has 0 bridgehead atoms. The number of nitrogens with zero attached hydrogens (tertiary/aromatic N) is 5. The number of hydrogen-bond acceptors (Lipinski definition) is 6. The fraction of sp³-hybridized carbons (Fsp3) is 0.130. The third-order valence-electron chi connectivity index (χ3n) is 4.87. The Morgan fingerprint density at radius 1 is 1.00 bits per heavy atom. The molecule has 3 aromatic heterocycles. The van der Waals surface area contributed by atoms with Gasteiger partial charge in [0.2, 0.25) is 11.7 Å². The van der Waals surface area contributed by atoms with Crippen molar-refractivity contribution in [2.75, 3.05) is 6.61 Å². The summed E-state index contributed by atoms with van der Waals surface area (Å²) in [6.45, 7) is 2.73. The standard InChI is InChI=1S/C23H19N5O3/c1-2-30-18-10-8-16(9-11-18)19-14-20-23(29)27(12-13-28(20)25-19)15-21-24-22(26-31-21)17-6-4-3-5-7-17/h3-14H,2,15H2,1H3. The van der Waals surface area contributed by atoms with E-state index in [0.29, 0.717) is 29.5 Å². The van der Waals surface area contributed by atoms with E-state index < -0.39 is 0 Å². The van der Waals surface area contributed by atoms with Crippen molar-refractivity contribution in [3.63, 3.8) is 0 Å². The van der Waals surface area contributed by atoms with Gasteiger partial charge in [-0.2, -0.15) is 10.1 Å². The van der Waals surface area contributed by atoms with Crippen LogP contribution in [0.1, 0.15) is 12.8 Å². The molecule has 0 amide bonds. The molecule has 3 heterocycles. The van der Waals surface area contributed by atoms with Crippen LogP contribution in [0.15, 0.2) is 82.4 Å².